The molecule has 1 aromatic carbocycles. The number of nitrogens with zero attached hydrogens (tertiary/aromatic N) is 1. The number of nitrogens with two attached hydrogens (primary N) is 1. The second kappa shape index (κ2) is 5.83. The highest BCUT2D eigenvalue weighted by Gasteiger charge is 2.47. The van der Waals surface area contributed by atoms with E-state index in [1.54, 1.807) is 7.11 Å². The van der Waals surface area contributed by atoms with Crippen LogP contribution in [0.3, 0.4) is 0 Å². The highest BCUT2D eigenvalue weighted by Crippen LogP contribution is 2.42. The SMILES string of the molecule is COCC(CN)(C1CC1)N(C)Cc1ccccc1. The van der Waals surface area contributed by atoms with Crippen molar-refractivity contribution in [1.29, 1.82) is 0 Å². The summed E-state index contributed by atoms with van der Waals surface area (Å²) in [6.45, 7) is 2.31. The molecule has 1 unspecified atom stereocenters. The Morgan fingerprint density at radius 1 is 1.33 bits per heavy atom. The van der Waals surface area contributed by atoms with Crippen LogP contribution in [0.1, 0.15) is 18.4 Å². The summed E-state index contributed by atoms with van der Waals surface area (Å²) in [4.78, 5) is 2.38. The first-order valence-electron chi connectivity index (χ1n) is 6.67. The molecule has 1 aliphatic carbocycles. The molecule has 0 heterocycles. The maximum atomic E-state index is 6.07. The molecule has 100 valence electrons. The van der Waals surface area contributed by atoms with Crippen LogP contribution in [0.4, 0.5) is 0 Å². The fourth-order valence-electron chi connectivity index (χ4n) is 2.81. The van der Waals surface area contributed by atoms with E-state index in [-0.39, 0.29) is 5.54 Å². The molecular weight excluding hydrogens is 224 g/mol. The summed E-state index contributed by atoms with van der Waals surface area (Å²) in [6.07, 6.45) is 2.55. The third kappa shape index (κ3) is 2.74. The predicted molar refractivity (Wildman–Crippen MR) is 74.3 cm³/mol. The molecule has 1 saturated carbocycles. The number of hydrogen-bond acceptors (Lipinski definition) is 3. The van der Waals surface area contributed by atoms with Gasteiger partial charge in [-0.05, 0) is 31.4 Å². The number of likely N-dealkylation sites (N-methyl/N-ethyl adjacent to an activating group) is 1. The van der Waals surface area contributed by atoms with Crippen LogP contribution >= 0.6 is 0 Å². The first kappa shape index (κ1) is 13.5. The van der Waals surface area contributed by atoms with Gasteiger partial charge in [0, 0.05) is 20.2 Å². The number of ether oxygens (including phenoxy) is 1. The predicted octanol–water partition coefficient (Wildman–Crippen LogP) is 1.87. The average molecular weight is 248 g/mol. The third-order valence-corrected chi connectivity index (χ3v) is 4.11. The second-order valence-corrected chi connectivity index (χ2v) is 5.36. The van der Waals surface area contributed by atoms with Crippen molar-refractivity contribution in [3.63, 3.8) is 0 Å². The van der Waals surface area contributed by atoms with Gasteiger partial charge in [0.05, 0.1) is 12.1 Å². The molecule has 0 bridgehead atoms. The molecule has 0 spiro atoms. The van der Waals surface area contributed by atoms with Gasteiger partial charge in [-0.1, -0.05) is 30.3 Å². The van der Waals surface area contributed by atoms with Crippen LogP contribution in [-0.2, 0) is 11.3 Å². The van der Waals surface area contributed by atoms with Crippen LogP contribution < -0.4 is 5.73 Å². The molecule has 2 N–H and O–H groups in total. The van der Waals surface area contributed by atoms with E-state index in [4.69, 9.17) is 10.5 Å². The molecule has 2 rings (SSSR count). The maximum absolute atomic E-state index is 6.07. The topological polar surface area (TPSA) is 38.5 Å². The standard InChI is InChI=1S/C15H24N2O/c1-17(10-13-6-4-3-5-7-13)15(11-16,12-18-2)14-8-9-14/h3-7,14H,8-12,16H2,1-2H3. The van der Waals surface area contributed by atoms with Gasteiger partial charge < -0.3 is 10.5 Å². The Morgan fingerprint density at radius 3 is 2.50 bits per heavy atom. The Morgan fingerprint density at radius 2 is 2.00 bits per heavy atom. The van der Waals surface area contributed by atoms with E-state index in [0.29, 0.717) is 12.5 Å². The lowest BCUT2D eigenvalue weighted by Gasteiger charge is -2.41. The van der Waals surface area contributed by atoms with Crippen molar-refractivity contribution in [2.24, 2.45) is 11.7 Å². The van der Waals surface area contributed by atoms with Gasteiger partial charge in [0.1, 0.15) is 0 Å². The summed E-state index contributed by atoms with van der Waals surface area (Å²) in [5.41, 5.74) is 7.40. The Labute approximate surface area is 110 Å². The zero-order valence-corrected chi connectivity index (χ0v) is 11.4. The molecule has 1 aromatic rings. The van der Waals surface area contributed by atoms with Crippen molar-refractivity contribution in [3.05, 3.63) is 35.9 Å². The van der Waals surface area contributed by atoms with Crippen molar-refractivity contribution in [1.82, 2.24) is 4.90 Å². The molecule has 18 heavy (non-hydrogen) atoms. The molecule has 0 amide bonds. The maximum Gasteiger partial charge on any atom is 0.0661 e. The number of methoxy groups -OCH3 is 1. The smallest absolute Gasteiger partial charge is 0.0661 e. The number of benzene rings is 1. The average Bonchev–Trinajstić information content (AvgIpc) is 3.21. The van der Waals surface area contributed by atoms with E-state index in [0.717, 1.165) is 13.2 Å². The summed E-state index contributed by atoms with van der Waals surface area (Å²) in [5.74, 6) is 0.691. The molecule has 0 radical (unpaired) electrons. The van der Waals surface area contributed by atoms with Gasteiger partial charge in [-0.15, -0.1) is 0 Å². The fourth-order valence-corrected chi connectivity index (χ4v) is 2.81. The first-order chi connectivity index (χ1) is 8.73. The monoisotopic (exact) mass is 248 g/mol. The van der Waals surface area contributed by atoms with Crippen molar-refractivity contribution in [2.75, 3.05) is 27.3 Å². The Hall–Kier alpha value is -0.900. The van der Waals surface area contributed by atoms with Crippen LogP contribution in [0.15, 0.2) is 30.3 Å². The van der Waals surface area contributed by atoms with E-state index in [1.165, 1.54) is 18.4 Å². The van der Waals surface area contributed by atoms with Crippen molar-refractivity contribution >= 4 is 0 Å². The fraction of sp³-hybridized carbons (Fsp3) is 0.600. The van der Waals surface area contributed by atoms with Gasteiger partial charge >= 0.3 is 0 Å². The molecular formula is C15H24N2O. The summed E-state index contributed by atoms with van der Waals surface area (Å²) in [7, 11) is 3.93. The van der Waals surface area contributed by atoms with Gasteiger partial charge in [0.25, 0.3) is 0 Å². The third-order valence-electron chi connectivity index (χ3n) is 4.11. The second-order valence-electron chi connectivity index (χ2n) is 5.36. The van der Waals surface area contributed by atoms with E-state index < -0.39 is 0 Å². The minimum atomic E-state index is 0.00455. The lowest BCUT2D eigenvalue weighted by molar-refractivity contribution is 0.0104. The lowest BCUT2D eigenvalue weighted by Crippen LogP contribution is -2.56. The molecule has 1 fully saturated rings. The zero-order chi connectivity index (χ0) is 13.0. The van der Waals surface area contributed by atoms with Crippen LogP contribution in [0, 0.1) is 5.92 Å². The highest BCUT2D eigenvalue weighted by molar-refractivity contribution is 5.15. The molecule has 0 aromatic heterocycles. The molecule has 3 heteroatoms. The normalized spacial score (nSPS) is 18.9. The van der Waals surface area contributed by atoms with Crippen LogP contribution in [-0.4, -0.2) is 37.7 Å². The van der Waals surface area contributed by atoms with E-state index in [1.807, 2.05) is 0 Å². The van der Waals surface area contributed by atoms with Crippen LogP contribution in [0.25, 0.3) is 0 Å². The Balaban J connectivity index is 2.10. The molecule has 0 saturated heterocycles. The summed E-state index contributed by atoms with van der Waals surface area (Å²) < 4.78 is 5.44. The summed E-state index contributed by atoms with van der Waals surface area (Å²) in [5, 5.41) is 0. The molecule has 1 aliphatic rings. The number of rotatable bonds is 7. The van der Waals surface area contributed by atoms with Gasteiger partial charge in [0.2, 0.25) is 0 Å². The minimum Gasteiger partial charge on any atom is -0.383 e. The van der Waals surface area contributed by atoms with Crippen LogP contribution in [0.5, 0.6) is 0 Å². The molecule has 1 atom stereocenters. The quantitative estimate of drug-likeness (QED) is 0.800. The number of hydrogen-bond donors (Lipinski definition) is 1. The van der Waals surface area contributed by atoms with Crippen LogP contribution in [0.2, 0.25) is 0 Å². The van der Waals surface area contributed by atoms with Gasteiger partial charge in [-0.25, -0.2) is 0 Å². The van der Waals surface area contributed by atoms with Crippen molar-refractivity contribution in [2.45, 2.75) is 24.9 Å². The van der Waals surface area contributed by atoms with Crippen molar-refractivity contribution in [3.8, 4) is 0 Å². The van der Waals surface area contributed by atoms with Gasteiger partial charge in [-0.3, -0.25) is 4.90 Å². The van der Waals surface area contributed by atoms with E-state index in [9.17, 15) is 0 Å². The van der Waals surface area contributed by atoms with Gasteiger partial charge in [0.15, 0.2) is 0 Å². The van der Waals surface area contributed by atoms with Crippen molar-refractivity contribution < 1.29 is 4.74 Å². The lowest BCUT2D eigenvalue weighted by atomic mass is 9.91. The largest absolute Gasteiger partial charge is 0.383 e. The van der Waals surface area contributed by atoms with E-state index in [2.05, 4.69) is 42.3 Å². The summed E-state index contributed by atoms with van der Waals surface area (Å²) >= 11 is 0. The first-order valence-corrected chi connectivity index (χ1v) is 6.67. The zero-order valence-electron chi connectivity index (χ0n) is 11.4. The molecule has 3 nitrogen and oxygen atoms in total. The van der Waals surface area contributed by atoms with Gasteiger partial charge in [-0.2, -0.15) is 0 Å². The Kier molecular flexibility index (Phi) is 4.38. The molecule has 0 aliphatic heterocycles. The highest BCUT2D eigenvalue weighted by atomic mass is 16.5. The minimum absolute atomic E-state index is 0.00455. The summed E-state index contributed by atoms with van der Waals surface area (Å²) in [6, 6.07) is 10.5. The Bertz CT molecular complexity index is 364. The van der Waals surface area contributed by atoms with E-state index >= 15 is 0 Å².